The molecule has 18 heavy (non-hydrogen) atoms. The van der Waals surface area contributed by atoms with Gasteiger partial charge in [0.25, 0.3) is 0 Å². The predicted molar refractivity (Wildman–Crippen MR) is 79.0 cm³/mol. The highest BCUT2D eigenvalue weighted by Gasteiger charge is 2.40. The van der Waals surface area contributed by atoms with E-state index in [1.807, 2.05) is 7.11 Å². The Balaban J connectivity index is 2.48. The minimum absolute atomic E-state index is 0.105. The Morgan fingerprint density at radius 1 is 1.22 bits per heavy atom. The van der Waals surface area contributed by atoms with Crippen molar-refractivity contribution in [2.45, 2.75) is 83.3 Å². The maximum atomic E-state index is 5.97. The molecule has 0 saturated heterocycles. The van der Waals surface area contributed by atoms with Crippen molar-refractivity contribution in [3.63, 3.8) is 0 Å². The quantitative estimate of drug-likeness (QED) is 0.658. The summed E-state index contributed by atoms with van der Waals surface area (Å²) in [6.45, 7) is 4.64. The molecule has 0 radical (unpaired) electrons. The van der Waals surface area contributed by atoms with Gasteiger partial charge in [0.15, 0.2) is 0 Å². The highest BCUT2D eigenvalue weighted by molar-refractivity contribution is 4.95. The number of nitrogens with one attached hydrogen (secondary N) is 1. The van der Waals surface area contributed by atoms with Crippen LogP contribution in [-0.4, -0.2) is 25.8 Å². The zero-order valence-electron chi connectivity index (χ0n) is 12.9. The molecule has 0 spiro atoms. The largest absolute Gasteiger partial charge is 0.377 e. The molecule has 0 aromatic rings. The molecule has 1 rings (SSSR count). The molecule has 1 atom stereocenters. The van der Waals surface area contributed by atoms with E-state index < -0.39 is 0 Å². The molecular weight excluding hydrogens is 222 g/mol. The normalized spacial score (nSPS) is 30.3. The van der Waals surface area contributed by atoms with Crippen molar-refractivity contribution in [2.24, 2.45) is 5.92 Å². The average molecular weight is 255 g/mol. The predicted octanol–water partition coefficient (Wildman–Crippen LogP) is 4.14. The first-order valence-corrected chi connectivity index (χ1v) is 7.91. The van der Waals surface area contributed by atoms with E-state index in [1.165, 1.54) is 57.8 Å². The summed E-state index contributed by atoms with van der Waals surface area (Å²) < 4.78 is 5.97. The van der Waals surface area contributed by atoms with Gasteiger partial charge >= 0.3 is 0 Å². The van der Waals surface area contributed by atoms with Gasteiger partial charge in [-0.3, -0.25) is 0 Å². The number of ether oxygens (including phenoxy) is 1. The van der Waals surface area contributed by atoms with E-state index in [0.717, 1.165) is 5.92 Å². The molecule has 2 nitrogen and oxygen atoms in total. The minimum atomic E-state index is 0.105. The standard InChI is InChI=1S/C16H33NO/c1-5-6-7-8-9-15(17-3)16(18-4)12-10-14(2)11-13-16/h14-15,17H,5-13H2,1-4H3. The molecule has 1 aliphatic rings. The molecule has 1 N–H and O–H groups in total. The molecule has 0 aromatic carbocycles. The lowest BCUT2D eigenvalue weighted by Crippen LogP contribution is -2.52. The van der Waals surface area contributed by atoms with E-state index in [9.17, 15) is 0 Å². The van der Waals surface area contributed by atoms with E-state index in [1.54, 1.807) is 0 Å². The molecule has 1 fully saturated rings. The van der Waals surface area contributed by atoms with Gasteiger partial charge in [-0.05, 0) is 45.1 Å². The Morgan fingerprint density at radius 2 is 1.89 bits per heavy atom. The van der Waals surface area contributed by atoms with Crippen LogP contribution < -0.4 is 5.32 Å². The number of hydrogen-bond donors (Lipinski definition) is 1. The number of likely N-dealkylation sites (N-methyl/N-ethyl adjacent to an activating group) is 1. The van der Waals surface area contributed by atoms with Crippen LogP contribution in [0.15, 0.2) is 0 Å². The lowest BCUT2D eigenvalue weighted by molar-refractivity contribution is -0.0753. The molecule has 108 valence electrons. The molecule has 0 aromatic heterocycles. The summed E-state index contributed by atoms with van der Waals surface area (Å²) in [5.41, 5.74) is 0.105. The number of rotatable bonds is 8. The summed E-state index contributed by atoms with van der Waals surface area (Å²) in [6, 6.07) is 0.534. The third-order valence-corrected chi connectivity index (χ3v) is 4.86. The van der Waals surface area contributed by atoms with Crippen LogP contribution in [0.2, 0.25) is 0 Å². The molecule has 0 bridgehead atoms. The lowest BCUT2D eigenvalue weighted by atomic mass is 9.74. The van der Waals surface area contributed by atoms with Gasteiger partial charge in [0, 0.05) is 13.2 Å². The number of unbranched alkanes of at least 4 members (excludes halogenated alkanes) is 3. The first-order chi connectivity index (χ1) is 8.68. The van der Waals surface area contributed by atoms with Crippen molar-refractivity contribution < 1.29 is 4.74 Å². The summed E-state index contributed by atoms with van der Waals surface area (Å²) >= 11 is 0. The monoisotopic (exact) mass is 255 g/mol. The minimum Gasteiger partial charge on any atom is -0.377 e. The first-order valence-electron chi connectivity index (χ1n) is 7.91. The molecule has 0 heterocycles. The van der Waals surface area contributed by atoms with Gasteiger partial charge in [0.2, 0.25) is 0 Å². The third-order valence-electron chi connectivity index (χ3n) is 4.86. The van der Waals surface area contributed by atoms with Gasteiger partial charge in [0.1, 0.15) is 0 Å². The summed E-state index contributed by atoms with van der Waals surface area (Å²) in [4.78, 5) is 0. The van der Waals surface area contributed by atoms with E-state index in [0.29, 0.717) is 6.04 Å². The summed E-state index contributed by atoms with van der Waals surface area (Å²) in [5.74, 6) is 0.880. The van der Waals surface area contributed by atoms with Crippen molar-refractivity contribution in [3.05, 3.63) is 0 Å². The van der Waals surface area contributed by atoms with Crippen molar-refractivity contribution >= 4 is 0 Å². The zero-order chi connectivity index (χ0) is 13.4. The van der Waals surface area contributed by atoms with E-state index in [-0.39, 0.29) is 5.60 Å². The van der Waals surface area contributed by atoms with Gasteiger partial charge in [-0.15, -0.1) is 0 Å². The number of methoxy groups -OCH3 is 1. The van der Waals surface area contributed by atoms with Crippen LogP contribution in [0.1, 0.15) is 71.6 Å². The highest BCUT2D eigenvalue weighted by Crippen LogP contribution is 2.38. The summed E-state index contributed by atoms with van der Waals surface area (Å²) in [7, 11) is 4.01. The molecule has 1 saturated carbocycles. The highest BCUT2D eigenvalue weighted by atomic mass is 16.5. The lowest BCUT2D eigenvalue weighted by Gasteiger charge is -2.44. The van der Waals surface area contributed by atoms with Gasteiger partial charge < -0.3 is 10.1 Å². The van der Waals surface area contributed by atoms with E-state index in [2.05, 4.69) is 26.2 Å². The zero-order valence-corrected chi connectivity index (χ0v) is 12.9. The Labute approximate surface area is 114 Å². The molecular formula is C16H33NO. The van der Waals surface area contributed by atoms with Crippen molar-refractivity contribution in [1.29, 1.82) is 0 Å². The maximum absolute atomic E-state index is 5.97. The first kappa shape index (κ1) is 16.0. The van der Waals surface area contributed by atoms with Crippen LogP contribution in [-0.2, 0) is 4.74 Å². The smallest absolute Gasteiger partial charge is 0.0831 e. The van der Waals surface area contributed by atoms with E-state index >= 15 is 0 Å². The Kier molecular flexibility index (Phi) is 7.25. The SMILES string of the molecule is CCCCCCC(NC)C1(OC)CCC(C)CC1. The molecule has 2 heteroatoms. The summed E-state index contributed by atoms with van der Waals surface area (Å²) in [5, 5.41) is 3.53. The van der Waals surface area contributed by atoms with Crippen molar-refractivity contribution in [3.8, 4) is 0 Å². The fourth-order valence-corrected chi connectivity index (χ4v) is 3.39. The van der Waals surface area contributed by atoms with Gasteiger partial charge in [0.05, 0.1) is 5.60 Å². The summed E-state index contributed by atoms with van der Waals surface area (Å²) in [6.07, 6.45) is 11.7. The fraction of sp³-hybridized carbons (Fsp3) is 1.00. The van der Waals surface area contributed by atoms with Crippen molar-refractivity contribution in [1.82, 2.24) is 5.32 Å². The molecule has 1 aliphatic carbocycles. The van der Waals surface area contributed by atoms with Gasteiger partial charge in [-0.25, -0.2) is 0 Å². The third kappa shape index (κ3) is 4.24. The van der Waals surface area contributed by atoms with Crippen LogP contribution >= 0.6 is 0 Å². The van der Waals surface area contributed by atoms with Crippen LogP contribution in [0, 0.1) is 5.92 Å². The number of hydrogen-bond acceptors (Lipinski definition) is 2. The van der Waals surface area contributed by atoms with Gasteiger partial charge in [-0.1, -0.05) is 39.5 Å². The average Bonchev–Trinajstić information content (AvgIpc) is 2.41. The van der Waals surface area contributed by atoms with Crippen LogP contribution in [0.3, 0.4) is 0 Å². The maximum Gasteiger partial charge on any atom is 0.0831 e. The van der Waals surface area contributed by atoms with Gasteiger partial charge in [-0.2, -0.15) is 0 Å². The molecule has 0 amide bonds. The molecule has 1 unspecified atom stereocenters. The molecule has 0 aliphatic heterocycles. The van der Waals surface area contributed by atoms with Crippen LogP contribution in [0.25, 0.3) is 0 Å². The second-order valence-corrected chi connectivity index (χ2v) is 6.14. The second-order valence-electron chi connectivity index (χ2n) is 6.14. The van der Waals surface area contributed by atoms with Crippen LogP contribution in [0.4, 0.5) is 0 Å². The van der Waals surface area contributed by atoms with Crippen LogP contribution in [0.5, 0.6) is 0 Å². The second kappa shape index (κ2) is 8.16. The fourth-order valence-electron chi connectivity index (χ4n) is 3.39. The Morgan fingerprint density at radius 3 is 2.39 bits per heavy atom. The van der Waals surface area contributed by atoms with E-state index in [4.69, 9.17) is 4.74 Å². The Bertz CT molecular complexity index is 209. The Hall–Kier alpha value is -0.0800. The van der Waals surface area contributed by atoms with Crippen molar-refractivity contribution in [2.75, 3.05) is 14.2 Å². The topological polar surface area (TPSA) is 21.3 Å².